The van der Waals surface area contributed by atoms with Crippen molar-refractivity contribution in [2.75, 3.05) is 7.11 Å². The third kappa shape index (κ3) is 8.34. The van der Waals surface area contributed by atoms with Crippen molar-refractivity contribution in [3.63, 3.8) is 0 Å². The van der Waals surface area contributed by atoms with Gasteiger partial charge in [-0.1, -0.05) is 0 Å². The number of allylic oxidation sites excluding steroid dienone is 1. The Bertz CT molecular complexity index is 91.6. The van der Waals surface area contributed by atoms with Gasteiger partial charge >= 0.3 is 61.8 Å². The Labute approximate surface area is 62.0 Å². The Kier molecular flexibility index (Phi) is 4.36. The molecular formula is C7H16OSn. The van der Waals surface area contributed by atoms with E-state index in [1.54, 1.807) is 13.4 Å². The van der Waals surface area contributed by atoms with Crippen molar-refractivity contribution in [3.05, 3.63) is 12.3 Å². The molecule has 0 atom stereocenters. The van der Waals surface area contributed by atoms with Crippen LogP contribution in [0, 0.1) is 0 Å². The standard InChI is InChI=1S/C4H7O.3CH3.Sn/c1-3-4-5-2;;;;/h3-4H,1H2,2H3;3*1H3;/b4-3-;;;;. The number of rotatable bonds is 3. The zero-order valence-electron chi connectivity index (χ0n) is 6.77. The van der Waals surface area contributed by atoms with Crippen molar-refractivity contribution in [1.29, 1.82) is 0 Å². The zero-order valence-corrected chi connectivity index (χ0v) is 9.62. The Morgan fingerprint density at radius 3 is 2.22 bits per heavy atom. The Balaban J connectivity index is 3.38. The van der Waals surface area contributed by atoms with Crippen LogP contribution in [-0.2, 0) is 4.74 Å². The van der Waals surface area contributed by atoms with Crippen LogP contribution in [0.1, 0.15) is 0 Å². The predicted octanol–water partition coefficient (Wildman–Crippen LogP) is 2.48. The molecule has 0 aromatic rings. The van der Waals surface area contributed by atoms with Gasteiger partial charge in [-0.2, -0.15) is 0 Å². The van der Waals surface area contributed by atoms with E-state index in [-0.39, 0.29) is 0 Å². The van der Waals surface area contributed by atoms with E-state index in [1.807, 2.05) is 0 Å². The first kappa shape index (κ1) is 9.34. The van der Waals surface area contributed by atoms with E-state index in [9.17, 15) is 0 Å². The maximum absolute atomic E-state index is 4.79. The van der Waals surface area contributed by atoms with Crippen LogP contribution >= 0.6 is 0 Å². The van der Waals surface area contributed by atoms with Gasteiger partial charge in [-0.05, 0) is 0 Å². The molecular weight excluding hydrogens is 219 g/mol. The monoisotopic (exact) mass is 236 g/mol. The topological polar surface area (TPSA) is 9.23 Å². The molecule has 0 N–H and O–H groups in total. The average Bonchev–Trinajstić information content (AvgIpc) is 1.63. The van der Waals surface area contributed by atoms with E-state index in [0.717, 1.165) is 0 Å². The van der Waals surface area contributed by atoms with E-state index in [2.05, 4.69) is 20.9 Å². The first-order chi connectivity index (χ1) is 4.06. The third-order valence-corrected chi connectivity index (χ3v) is 5.13. The quantitative estimate of drug-likeness (QED) is 0.539. The number of methoxy groups -OCH3 is 1. The molecule has 0 aliphatic rings. The van der Waals surface area contributed by atoms with Crippen molar-refractivity contribution in [2.45, 2.75) is 19.3 Å². The van der Waals surface area contributed by atoms with Crippen LogP contribution in [0.15, 0.2) is 12.3 Å². The zero-order chi connectivity index (χ0) is 7.33. The van der Waals surface area contributed by atoms with Crippen LogP contribution in [0.5, 0.6) is 0 Å². The Morgan fingerprint density at radius 1 is 1.33 bits per heavy atom. The molecule has 0 amide bonds. The van der Waals surface area contributed by atoms with Crippen LogP contribution in [0.2, 0.25) is 19.3 Å². The molecule has 9 heavy (non-hydrogen) atoms. The molecule has 0 aliphatic heterocycles. The normalized spacial score (nSPS) is 12.4. The molecule has 0 rings (SSSR count). The molecule has 0 aromatic heterocycles. The van der Waals surface area contributed by atoms with Gasteiger partial charge in [-0.3, -0.25) is 0 Å². The van der Waals surface area contributed by atoms with Crippen LogP contribution in [0.3, 0.4) is 0 Å². The summed E-state index contributed by atoms with van der Waals surface area (Å²) in [5.41, 5.74) is 0. The molecule has 0 fully saturated rings. The first-order valence-corrected chi connectivity index (χ1v) is 13.8. The summed E-state index contributed by atoms with van der Waals surface area (Å²) in [4.78, 5) is 7.23. The van der Waals surface area contributed by atoms with Gasteiger partial charge < -0.3 is 0 Å². The number of hydrogen-bond acceptors (Lipinski definition) is 1. The third-order valence-electron chi connectivity index (χ3n) is 0.963. The van der Waals surface area contributed by atoms with Gasteiger partial charge in [0.05, 0.1) is 0 Å². The van der Waals surface area contributed by atoms with Crippen molar-refractivity contribution < 1.29 is 4.74 Å². The Hall–Kier alpha value is 0.339. The van der Waals surface area contributed by atoms with E-state index in [1.165, 1.54) is 4.44 Å². The predicted molar refractivity (Wildman–Crippen MR) is 44.3 cm³/mol. The molecule has 0 spiro atoms. The van der Waals surface area contributed by atoms with Gasteiger partial charge in [0, 0.05) is 0 Å². The minimum atomic E-state index is -1.50. The summed E-state index contributed by atoms with van der Waals surface area (Å²) in [6.07, 6.45) is 3.91. The number of hydrogen-bond donors (Lipinski definition) is 0. The summed E-state index contributed by atoms with van der Waals surface area (Å²) in [5, 5.41) is 0. The van der Waals surface area contributed by atoms with Crippen LogP contribution in [0.4, 0.5) is 0 Å². The molecule has 0 saturated heterocycles. The molecule has 0 unspecified atom stereocenters. The van der Waals surface area contributed by atoms with Crippen LogP contribution < -0.4 is 0 Å². The van der Waals surface area contributed by atoms with Gasteiger partial charge in [-0.25, -0.2) is 0 Å². The second kappa shape index (κ2) is 4.20. The maximum atomic E-state index is 4.79. The van der Waals surface area contributed by atoms with E-state index >= 15 is 0 Å². The Morgan fingerprint density at radius 2 is 1.89 bits per heavy atom. The second-order valence-electron chi connectivity index (χ2n) is 3.37. The van der Waals surface area contributed by atoms with Gasteiger partial charge in [0.1, 0.15) is 0 Å². The summed E-state index contributed by atoms with van der Waals surface area (Å²) < 4.78 is 6.07. The van der Waals surface area contributed by atoms with Gasteiger partial charge in [-0.15, -0.1) is 0 Å². The fourth-order valence-electron chi connectivity index (χ4n) is 0.498. The molecule has 0 heterocycles. The van der Waals surface area contributed by atoms with Crippen molar-refractivity contribution in [1.82, 2.24) is 0 Å². The second-order valence-corrected chi connectivity index (χ2v) is 19.2. The molecule has 54 valence electrons. The van der Waals surface area contributed by atoms with Crippen molar-refractivity contribution in [3.8, 4) is 0 Å². The van der Waals surface area contributed by atoms with Crippen molar-refractivity contribution >= 4 is 18.4 Å². The van der Waals surface area contributed by atoms with Crippen molar-refractivity contribution in [2.24, 2.45) is 0 Å². The number of ether oxygens (including phenoxy) is 1. The molecule has 0 bridgehead atoms. The minimum absolute atomic E-state index is 1.28. The first-order valence-electron chi connectivity index (χ1n) is 3.24. The average molecular weight is 235 g/mol. The van der Waals surface area contributed by atoms with E-state index in [0.29, 0.717) is 0 Å². The molecule has 0 aromatic carbocycles. The molecule has 1 nitrogen and oxygen atoms in total. The summed E-state index contributed by atoms with van der Waals surface area (Å²) >= 11 is -1.50. The molecule has 2 heteroatoms. The van der Waals surface area contributed by atoms with Crippen LogP contribution in [0.25, 0.3) is 0 Å². The fraction of sp³-hybridized carbons (Fsp3) is 0.714. The molecule has 0 aliphatic carbocycles. The summed E-state index contributed by atoms with van der Waals surface area (Å²) in [5.74, 6) is 0. The van der Waals surface area contributed by atoms with E-state index in [4.69, 9.17) is 4.74 Å². The summed E-state index contributed by atoms with van der Waals surface area (Å²) in [7, 11) is 1.69. The van der Waals surface area contributed by atoms with Gasteiger partial charge in [0.15, 0.2) is 0 Å². The van der Waals surface area contributed by atoms with E-state index < -0.39 is 18.4 Å². The molecule has 0 saturated carbocycles. The molecule has 0 radical (unpaired) electrons. The SMILES string of the molecule is CO/C=C\[CH2][Sn]([CH3])([CH3])[CH3]. The van der Waals surface area contributed by atoms with Gasteiger partial charge in [0.25, 0.3) is 0 Å². The fourth-order valence-corrected chi connectivity index (χ4v) is 2.79. The van der Waals surface area contributed by atoms with Gasteiger partial charge in [0.2, 0.25) is 0 Å². The van der Waals surface area contributed by atoms with Crippen LogP contribution in [-0.4, -0.2) is 25.5 Å². The summed E-state index contributed by atoms with van der Waals surface area (Å²) in [6, 6.07) is 0. The summed E-state index contributed by atoms with van der Waals surface area (Å²) in [6.45, 7) is 0.